The van der Waals surface area contributed by atoms with Crippen molar-refractivity contribution in [1.29, 1.82) is 0 Å². The van der Waals surface area contributed by atoms with Gasteiger partial charge in [0.25, 0.3) is 5.91 Å². The molecule has 0 radical (unpaired) electrons. The van der Waals surface area contributed by atoms with Crippen LogP contribution in [0.1, 0.15) is 35.4 Å². The molecule has 2 atom stereocenters. The molecule has 1 amide bonds. The molecule has 0 aromatic carbocycles. The molecule has 1 heterocycles. The van der Waals surface area contributed by atoms with E-state index < -0.39 is 0 Å². The van der Waals surface area contributed by atoms with E-state index >= 15 is 0 Å². The van der Waals surface area contributed by atoms with Crippen LogP contribution < -0.4 is 5.32 Å². The van der Waals surface area contributed by atoms with Gasteiger partial charge >= 0.3 is 0 Å². The maximum absolute atomic E-state index is 11.8. The summed E-state index contributed by atoms with van der Waals surface area (Å²) >= 11 is 3.65. The van der Waals surface area contributed by atoms with E-state index in [0.717, 1.165) is 6.54 Å². The first-order valence-corrected chi connectivity index (χ1v) is 6.56. The second-order valence-electron chi connectivity index (χ2n) is 4.31. The summed E-state index contributed by atoms with van der Waals surface area (Å²) in [6.07, 6.45) is 5.21. The summed E-state index contributed by atoms with van der Waals surface area (Å²) < 4.78 is 5.11. The van der Waals surface area contributed by atoms with Gasteiger partial charge in [-0.15, -0.1) is 0 Å². The topological polar surface area (TPSA) is 42.2 Å². The molecule has 3 nitrogen and oxygen atoms in total. The lowest BCUT2D eigenvalue weighted by Gasteiger charge is -2.14. The minimum absolute atomic E-state index is 0.0298. The third-order valence-electron chi connectivity index (χ3n) is 3.19. The third-order valence-corrected chi connectivity index (χ3v) is 4.40. The van der Waals surface area contributed by atoms with Crippen LogP contribution in [0.4, 0.5) is 0 Å². The molecule has 1 aliphatic carbocycles. The average molecular weight is 286 g/mol. The predicted molar refractivity (Wildman–Crippen MR) is 65.8 cm³/mol. The van der Waals surface area contributed by atoms with E-state index in [4.69, 9.17) is 4.42 Å². The molecule has 88 valence electrons. The molecule has 0 aliphatic heterocycles. The van der Waals surface area contributed by atoms with Gasteiger partial charge < -0.3 is 9.73 Å². The Labute approximate surface area is 104 Å². The zero-order valence-corrected chi connectivity index (χ0v) is 10.9. The quantitative estimate of drug-likeness (QED) is 0.868. The number of alkyl halides is 1. The Morgan fingerprint density at radius 1 is 1.62 bits per heavy atom. The minimum atomic E-state index is -0.0298. The number of amides is 1. The van der Waals surface area contributed by atoms with Crippen molar-refractivity contribution in [2.75, 3.05) is 6.54 Å². The Morgan fingerprint density at radius 2 is 2.44 bits per heavy atom. The van der Waals surface area contributed by atoms with Crippen molar-refractivity contribution in [1.82, 2.24) is 5.32 Å². The molecular weight excluding hydrogens is 270 g/mol. The van der Waals surface area contributed by atoms with Crippen LogP contribution in [0.5, 0.6) is 0 Å². The molecular formula is C12H16BrNO2. The summed E-state index contributed by atoms with van der Waals surface area (Å²) in [5, 5.41) is 2.97. The zero-order valence-electron chi connectivity index (χ0n) is 9.33. The normalized spacial score (nSPS) is 24.6. The fourth-order valence-corrected chi connectivity index (χ4v) is 2.94. The van der Waals surface area contributed by atoms with Gasteiger partial charge in [-0.05, 0) is 31.7 Å². The Bertz CT molecular complexity index is 375. The molecule has 1 aromatic heterocycles. The highest BCUT2D eigenvalue weighted by Gasteiger charge is 2.25. The molecule has 1 fully saturated rings. The van der Waals surface area contributed by atoms with Crippen LogP contribution in [-0.4, -0.2) is 17.3 Å². The highest BCUT2D eigenvalue weighted by molar-refractivity contribution is 9.09. The maximum Gasteiger partial charge on any atom is 0.254 e. The third kappa shape index (κ3) is 2.48. The molecule has 1 aliphatic rings. The molecule has 1 N–H and O–H groups in total. The number of carbonyl (C=O) groups is 1. The first kappa shape index (κ1) is 11.7. The van der Waals surface area contributed by atoms with E-state index in [-0.39, 0.29) is 5.91 Å². The summed E-state index contributed by atoms with van der Waals surface area (Å²) in [5.41, 5.74) is 0.643. The number of hydrogen-bond donors (Lipinski definition) is 1. The van der Waals surface area contributed by atoms with Crippen molar-refractivity contribution in [2.45, 2.75) is 31.0 Å². The van der Waals surface area contributed by atoms with Crippen LogP contribution in [-0.2, 0) is 0 Å². The Hall–Kier alpha value is -0.770. The lowest BCUT2D eigenvalue weighted by Crippen LogP contribution is -2.31. The molecule has 2 rings (SSSR count). The summed E-state index contributed by atoms with van der Waals surface area (Å²) in [4.78, 5) is 12.4. The van der Waals surface area contributed by atoms with Crippen molar-refractivity contribution in [3.05, 3.63) is 23.7 Å². The number of furan rings is 1. The number of rotatable bonds is 3. The highest BCUT2D eigenvalue weighted by atomic mass is 79.9. The molecule has 0 spiro atoms. The lowest BCUT2D eigenvalue weighted by molar-refractivity contribution is 0.0946. The molecule has 2 unspecified atom stereocenters. The number of aryl methyl sites for hydroxylation is 1. The monoisotopic (exact) mass is 285 g/mol. The Balaban J connectivity index is 1.86. The van der Waals surface area contributed by atoms with Crippen LogP contribution in [0.15, 0.2) is 16.7 Å². The van der Waals surface area contributed by atoms with Gasteiger partial charge in [0.15, 0.2) is 0 Å². The summed E-state index contributed by atoms with van der Waals surface area (Å²) in [7, 11) is 0. The second-order valence-corrected chi connectivity index (χ2v) is 5.48. The second kappa shape index (κ2) is 5.04. The van der Waals surface area contributed by atoms with E-state index in [2.05, 4.69) is 21.2 Å². The lowest BCUT2D eigenvalue weighted by atomic mass is 10.1. The minimum Gasteiger partial charge on any atom is -0.469 e. The first-order valence-electron chi connectivity index (χ1n) is 5.65. The van der Waals surface area contributed by atoms with Crippen LogP contribution in [0.3, 0.4) is 0 Å². The van der Waals surface area contributed by atoms with E-state index in [1.54, 1.807) is 19.3 Å². The Kier molecular flexibility index (Phi) is 3.69. The molecule has 1 aromatic rings. The van der Waals surface area contributed by atoms with Crippen molar-refractivity contribution in [3.63, 3.8) is 0 Å². The molecule has 0 saturated heterocycles. The first-order chi connectivity index (χ1) is 7.68. The van der Waals surface area contributed by atoms with Crippen molar-refractivity contribution in [2.24, 2.45) is 5.92 Å². The van der Waals surface area contributed by atoms with E-state index in [0.29, 0.717) is 22.1 Å². The van der Waals surface area contributed by atoms with Gasteiger partial charge in [-0.3, -0.25) is 4.79 Å². The molecule has 4 heteroatoms. The van der Waals surface area contributed by atoms with Gasteiger partial charge in [-0.25, -0.2) is 0 Å². The fourth-order valence-electron chi connectivity index (χ4n) is 2.16. The van der Waals surface area contributed by atoms with E-state index in [1.165, 1.54) is 19.3 Å². The standard InChI is InChI=1S/C12H16BrNO2/c1-8-10(5-6-16-8)12(15)14-7-9-3-2-4-11(9)13/h5-6,9,11H,2-4,7H2,1H3,(H,14,15). The summed E-state index contributed by atoms with van der Waals surface area (Å²) in [5.74, 6) is 1.22. The largest absolute Gasteiger partial charge is 0.469 e. The highest BCUT2D eigenvalue weighted by Crippen LogP contribution is 2.30. The van der Waals surface area contributed by atoms with Crippen LogP contribution in [0, 0.1) is 12.8 Å². The number of hydrogen-bond acceptors (Lipinski definition) is 2. The van der Waals surface area contributed by atoms with E-state index in [9.17, 15) is 4.79 Å². The maximum atomic E-state index is 11.8. The molecule has 1 saturated carbocycles. The van der Waals surface area contributed by atoms with E-state index in [1.807, 2.05) is 0 Å². The number of halogens is 1. The Morgan fingerprint density at radius 3 is 3.00 bits per heavy atom. The number of nitrogens with one attached hydrogen (secondary N) is 1. The van der Waals surface area contributed by atoms with Gasteiger partial charge in [-0.1, -0.05) is 22.4 Å². The van der Waals surface area contributed by atoms with Crippen LogP contribution in [0.25, 0.3) is 0 Å². The summed E-state index contributed by atoms with van der Waals surface area (Å²) in [6.45, 7) is 2.55. The van der Waals surface area contributed by atoms with Crippen molar-refractivity contribution >= 4 is 21.8 Å². The van der Waals surface area contributed by atoms with Gasteiger partial charge in [0, 0.05) is 11.4 Å². The van der Waals surface area contributed by atoms with Gasteiger partial charge in [0.2, 0.25) is 0 Å². The summed E-state index contributed by atoms with van der Waals surface area (Å²) in [6, 6.07) is 1.71. The van der Waals surface area contributed by atoms with Gasteiger partial charge in [0.1, 0.15) is 5.76 Å². The SMILES string of the molecule is Cc1occc1C(=O)NCC1CCCC1Br. The number of carbonyl (C=O) groups excluding carboxylic acids is 1. The molecule has 16 heavy (non-hydrogen) atoms. The van der Waals surface area contributed by atoms with Gasteiger partial charge in [-0.2, -0.15) is 0 Å². The van der Waals surface area contributed by atoms with Gasteiger partial charge in [0.05, 0.1) is 11.8 Å². The van der Waals surface area contributed by atoms with Crippen LogP contribution in [0.2, 0.25) is 0 Å². The predicted octanol–water partition coefficient (Wildman–Crippen LogP) is 2.88. The van der Waals surface area contributed by atoms with Crippen LogP contribution >= 0.6 is 15.9 Å². The van der Waals surface area contributed by atoms with Crippen molar-refractivity contribution in [3.8, 4) is 0 Å². The fraction of sp³-hybridized carbons (Fsp3) is 0.583. The zero-order chi connectivity index (χ0) is 11.5. The smallest absolute Gasteiger partial charge is 0.254 e. The molecule has 0 bridgehead atoms. The van der Waals surface area contributed by atoms with Crippen molar-refractivity contribution < 1.29 is 9.21 Å². The average Bonchev–Trinajstić information content (AvgIpc) is 2.84.